The monoisotopic (exact) mass is 384 g/mol. The van der Waals surface area contributed by atoms with E-state index < -0.39 is 18.5 Å². The number of carbonyl (C=O) groups excluding carboxylic acids is 1. The van der Waals surface area contributed by atoms with Gasteiger partial charge in [0.1, 0.15) is 17.4 Å². The average Bonchev–Trinajstić information content (AvgIpc) is 2.65. The number of ether oxygens (including phenoxy) is 1. The van der Waals surface area contributed by atoms with Gasteiger partial charge in [0.15, 0.2) is 6.61 Å². The third-order valence-corrected chi connectivity index (χ3v) is 3.92. The molecule has 0 atom stereocenters. The lowest BCUT2D eigenvalue weighted by Crippen LogP contribution is -2.14. The zero-order valence-electron chi connectivity index (χ0n) is 14.5. The molecule has 0 aromatic heterocycles. The molecule has 0 saturated carbocycles. The molecular weight excluding hydrogens is 368 g/mol. The van der Waals surface area contributed by atoms with Crippen LogP contribution in [0.2, 0.25) is 5.02 Å². The molecule has 0 heterocycles. The number of carboxylic acid groups (broad SMARTS) is 1. The first kappa shape index (κ1) is 20.0. The average molecular weight is 385 g/mol. The minimum atomic E-state index is -1.12. The summed E-state index contributed by atoms with van der Waals surface area (Å²) in [6.07, 6.45) is 2.15. The van der Waals surface area contributed by atoms with Gasteiger partial charge in [-0.3, -0.25) is 4.79 Å². The molecule has 0 aliphatic rings. The molecule has 6 nitrogen and oxygen atoms in total. The molecule has 0 aliphatic heterocycles. The molecule has 2 aromatic carbocycles. The number of carbonyl (C=O) groups is 2. The number of nitrogens with one attached hydrogen (secondary N) is 1. The van der Waals surface area contributed by atoms with E-state index >= 15 is 0 Å². The smallest absolute Gasteiger partial charge is 0.341 e. The number of para-hydroxylation sites is 1. The molecule has 0 unspecified atom stereocenters. The summed E-state index contributed by atoms with van der Waals surface area (Å²) in [5.74, 6) is -1.44. The standard InChI is InChI=1S/C20H17ClN2O4/c1-2-14-5-3-4-6-17(14)23-20(26)15(11-22)9-13-7-8-18(16(21)10-13)27-12-19(24)25/h3-10H,2,12H2,1H3,(H,23,26)(H,24,25)/b15-9-. The van der Waals surface area contributed by atoms with Crippen LogP contribution in [0.3, 0.4) is 0 Å². The fraction of sp³-hybridized carbons (Fsp3) is 0.150. The Morgan fingerprint density at radius 1 is 1.30 bits per heavy atom. The fourth-order valence-corrected chi connectivity index (χ4v) is 2.56. The Labute approximate surface area is 161 Å². The molecule has 0 bridgehead atoms. The van der Waals surface area contributed by atoms with Gasteiger partial charge in [0.05, 0.1) is 5.02 Å². The molecule has 138 valence electrons. The van der Waals surface area contributed by atoms with Crippen molar-refractivity contribution in [3.8, 4) is 11.8 Å². The van der Waals surface area contributed by atoms with Crippen LogP contribution in [0.4, 0.5) is 5.69 Å². The number of nitrogens with zero attached hydrogens (tertiary/aromatic N) is 1. The number of anilines is 1. The van der Waals surface area contributed by atoms with Gasteiger partial charge in [-0.05, 0) is 41.8 Å². The van der Waals surface area contributed by atoms with Crippen LogP contribution in [0.25, 0.3) is 6.08 Å². The van der Waals surface area contributed by atoms with E-state index in [4.69, 9.17) is 21.4 Å². The quantitative estimate of drug-likeness (QED) is 0.557. The van der Waals surface area contributed by atoms with E-state index in [9.17, 15) is 14.9 Å². The van der Waals surface area contributed by atoms with Gasteiger partial charge in [0, 0.05) is 5.69 Å². The Hall–Kier alpha value is -3.30. The number of carboxylic acids is 1. The summed E-state index contributed by atoms with van der Waals surface area (Å²) < 4.78 is 5.04. The Morgan fingerprint density at radius 3 is 2.67 bits per heavy atom. The van der Waals surface area contributed by atoms with E-state index in [2.05, 4.69) is 5.32 Å². The summed E-state index contributed by atoms with van der Waals surface area (Å²) in [4.78, 5) is 23.0. The first-order valence-corrected chi connectivity index (χ1v) is 8.47. The molecule has 2 aromatic rings. The minimum absolute atomic E-state index is 0.0869. The van der Waals surface area contributed by atoms with Gasteiger partial charge in [-0.15, -0.1) is 0 Å². The fourth-order valence-electron chi connectivity index (χ4n) is 2.32. The molecule has 0 saturated heterocycles. The molecule has 0 spiro atoms. The van der Waals surface area contributed by atoms with Crippen molar-refractivity contribution in [2.75, 3.05) is 11.9 Å². The van der Waals surface area contributed by atoms with Gasteiger partial charge in [-0.2, -0.15) is 5.26 Å². The molecular formula is C20H17ClN2O4. The molecule has 7 heteroatoms. The Bertz CT molecular complexity index is 932. The van der Waals surface area contributed by atoms with Crippen LogP contribution in [-0.4, -0.2) is 23.6 Å². The Morgan fingerprint density at radius 2 is 2.04 bits per heavy atom. The van der Waals surface area contributed by atoms with E-state index in [1.165, 1.54) is 18.2 Å². The van der Waals surface area contributed by atoms with Crippen molar-refractivity contribution in [3.63, 3.8) is 0 Å². The second-order valence-electron chi connectivity index (χ2n) is 5.51. The highest BCUT2D eigenvalue weighted by molar-refractivity contribution is 6.32. The first-order chi connectivity index (χ1) is 12.9. The Balaban J connectivity index is 2.20. The van der Waals surface area contributed by atoms with Gasteiger partial charge >= 0.3 is 5.97 Å². The lowest BCUT2D eigenvalue weighted by molar-refractivity contribution is -0.139. The van der Waals surface area contributed by atoms with E-state index in [0.717, 1.165) is 12.0 Å². The van der Waals surface area contributed by atoms with Gasteiger partial charge in [0.2, 0.25) is 0 Å². The summed E-state index contributed by atoms with van der Waals surface area (Å²) in [5.41, 5.74) is 2.04. The topological polar surface area (TPSA) is 99.4 Å². The second-order valence-corrected chi connectivity index (χ2v) is 5.91. The maximum Gasteiger partial charge on any atom is 0.341 e. The zero-order chi connectivity index (χ0) is 19.8. The number of nitriles is 1. The Kier molecular flexibility index (Phi) is 6.98. The predicted molar refractivity (Wildman–Crippen MR) is 103 cm³/mol. The van der Waals surface area contributed by atoms with Crippen molar-refractivity contribution in [1.82, 2.24) is 0 Å². The maximum absolute atomic E-state index is 12.4. The highest BCUT2D eigenvalue weighted by Crippen LogP contribution is 2.26. The molecule has 0 radical (unpaired) electrons. The van der Waals surface area contributed by atoms with Crippen LogP contribution in [0.1, 0.15) is 18.1 Å². The second kappa shape index (κ2) is 9.41. The normalized spacial score (nSPS) is 10.8. The molecule has 2 N–H and O–H groups in total. The highest BCUT2D eigenvalue weighted by Gasteiger charge is 2.12. The van der Waals surface area contributed by atoms with Gasteiger partial charge in [-0.25, -0.2) is 4.79 Å². The summed E-state index contributed by atoms with van der Waals surface area (Å²) in [5, 5.41) is 20.9. The van der Waals surface area contributed by atoms with Crippen LogP contribution in [-0.2, 0) is 16.0 Å². The first-order valence-electron chi connectivity index (χ1n) is 8.09. The summed E-state index contributed by atoms with van der Waals surface area (Å²) in [7, 11) is 0. The highest BCUT2D eigenvalue weighted by atomic mass is 35.5. The lowest BCUT2D eigenvalue weighted by Gasteiger charge is -2.09. The predicted octanol–water partition coefficient (Wildman–Crippen LogP) is 3.91. The third kappa shape index (κ3) is 5.59. The molecule has 0 fully saturated rings. The van der Waals surface area contributed by atoms with Crippen LogP contribution in [0.5, 0.6) is 5.75 Å². The minimum Gasteiger partial charge on any atom is -0.480 e. The van der Waals surface area contributed by atoms with E-state index in [-0.39, 0.29) is 16.3 Å². The SMILES string of the molecule is CCc1ccccc1NC(=O)/C(C#N)=C\c1ccc(OCC(=O)O)c(Cl)c1. The van der Waals surface area contributed by atoms with Crippen molar-refractivity contribution >= 4 is 35.2 Å². The van der Waals surface area contributed by atoms with Crippen LogP contribution >= 0.6 is 11.6 Å². The van der Waals surface area contributed by atoms with E-state index in [0.29, 0.717) is 11.3 Å². The number of hydrogen-bond donors (Lipinski definition) is 2. The van der Waals surface area contributed by atoms with Gasteiger partial charge in [0.25, 0.3) is 5.91 Å². The third-order valence-electron chi connectivity index (χ3n) is 3.63. The van der Waals surface area contributed by atoms with Crippen LogP contribution < -0.4 is 10.1 Å². The van der Waals surface area contributed by atoms with Crippen molar-refractivity contribution in [2.24, 2.45) is 0 Å². The lowest BCUT2D eigenvalue weighted by atomic mass is 10.1. The number of amides is 1. The molecule has 2 rings (SSSR count). The zero-order valence-corrected chi connectivity index (χ0v) is 15.3. The summed E-state index contributed by atoms with van der Waals surface area (Å²) >= 11 is 6.06. The molecule has 0 aliphatic carbocycles. The van der Waals surface area contributed by atoms with Crippen molar-refractivity contribution in [2.45, 2.75) is 13.3 Å². The van der Waals surface area contributed by atoms with Crippen molar-refractivity contribution in [1.29, 1.82) is 5.26 Å². The van der Waals surface area contributed by atoms with Crippen molar-refractivity contribution in [3.05, 3.63) is 64.2 Å². The van der Waals surface area contributed by atoms with Crippen LogP contribution in [0.15, 0.2) is 48.0 Å². The van der Waals surface area contributed by atoms with E-state index in [1.54, 1.807) is 18.2 Å². The largest absolute Gasteiger partial charge is 0.480 e. The number of aryl methyl sites for hydroxylation is 1. The number of hydrogen-bond acceptors (Lipinski definition) is 4. The maximum atomic E-state index is 12.4. The van der Waals surface area contributed by atoms with Gasteiger partial charge in [-0.1, -0.05) is 42.8 Å². The van der Waals surface area contributed by atoms with Crippen molar-refractivity contribution < 1.29 is 19.4 Å². The number of aliphatic carboxylic acids is 1. The summed E-state index contributed by atoms with van der Waals surface area (Å²) in [6.45, 7) is 1.46. The van der Waals surface area contributed by atoms with Crippen LogP contribution in [0, 0.1) is 11.3 Å². The molecule has 27 heavy (non-hydrogen) atoms. The van der Waals surface area contributed by atoms with E-state index in [1.807, 2.05) is 25.1 Å². The number of halogens is 1. The molecule has 1 amide bonds. The number of rotatable bonds is 7. The number of benzene rings is 2. The van der Waals surface area contributed by atoms with Gasteiger partial charge < -0.3 is 15.2 Å². The summed E-state index contributed by atoms with van der Waals surface area (Å²) in [6, 6.07) is 13.8.